The molecule has 0 aromatic heterocycles. The van der Waals surface area contributed by atoms with Crippen molar-refractivity contribution in [3.05, 3.63) is 33.8 Å². The van der Waals surface area contributed by atoms with Gasteiger partial charge in [0.2, 0.25) is 5.91 Å². The SMILES string of the molecule is COCC(CCN1CCC2(CC2)C(O)C1)N1CCN(C(=O)NCc2ccc(Cl)c(Cl)c2)CCC1=O. The van der Waals surface area contributed by atoms with Crippen molar-refractivity contribution in [2.75, 3.05) is 53.0 Å². The molecular weight excluding hydrogens is 491 g/mol. The zero-order valence-corrected chi connectivity index (χ0v) is 21.9. The van der Waals surface area contributed by atoms with Crippen molar-refractivity contribution in [3.63, 3.8) is 0 Å². The van der Waals surface area contributed by atoms with E-state index in [4.69, 9.17) is 27.9 Å². The average Bonchev–Trinajstić information content (AvgIpc) is 3.64. The molecule has 35 heavy (non-hydrogen) atoms. The van der Waals surface area contributed by atoms with E-state index in [-0.39, 0.29) is 35.9 Å². The molecule has 2 atom stereocenters. The number of aliphatic hydroxyl groups excluding tert-OH is 1. The number of hydrogen-bond donors (Lipinski definition) is 2. The van der Waals surface area contributed by atoms with Crippen LogP contribution >= 0.6 is 23.2 Å². The first-order valence-electron chi connectivity index (χ1n) is 12.5. The number of piperidine rings is 1. The Hall–Kier alpha value is -1.58. The lowest BCUT2D eigenvalue weighted by Crippen LogP contribution is -2.49. The number of rotatable bonds is 8. The fraction of sp³-hybridized carbons (Fsp3) is 0.680. The number of benzene rings is 1. The summed E-state index contributed by atoms with van der Waals surface area (Å²) in [5, 5.41) is 14.3. The predicted molar refractivity (Wildman–Crippen MR) is 136 cm³/mol. The molecule has 1 aromatic carbocycles. The number of amides is 3. The quantitative estimate of drug-likeness (QED) is 0.543. The number of carbonyl (C=O) groups excluding carboxylic acids is 2. The van der Waals surface area contributed by atoms with E-state index in [0.29, 0.717) is 49.4 Å². The Bertz CT molecular complexity index is 913. The van der Waals surface area contributed by atoms with Crippen LogP contribution < -0.4 is 5.32 Å². The van der Waals surface area contributed by atoms with Crippen molar-refractivity contribution in [1.29, 1.82) is 0 Å². The summed E-state index contributed by atoms with van der Waals surface area (Å²) in [4.78, 5) is 31.6. The molecule has 3 amide bonds. The molecule has 2 N–H and O–H groups in total. The second kappa shape index (κ2) is 11.6. The van der Waals surface area contributed by atoms with Crippen molar-refractivity contribution >= 4 is 35.1 Å². The first kappa shape index (κ1) is 26.5. The first-order valence-corrected chi connectivity index (χ1v) is 13.2. The van der Waals surface area contributed by atoms with Crippen LogP contribution in [0, 0.1) is 5.41 Å². The van der Waals surface area contributed by atoms with Gasteiger partial charge in [-0.05, 0) is 55.3 Å². The van der Waals surface area contributed by atoms with Crippen LogP contribution in [0.3, 0.4) is 0 Å². The maximum absolute atomic E-state index is 13.0. The van der Waals surface area contributed by atoms with Crippen LogP contribution in [0.15, 0.2) is 18.2 Å². The molecule has 2 heterocycles. The Morgan fingerprint density at radius 1 is 1.20 bits per heavy atom. The van der Waals surface area contributed by atoms with Gasteiger partial charge in [-0.2, -0.15) is 0 Å². The number of nitrogens with one attached hydrogen (secondary N) is 1. The van der Waals surface area contributed by atoms with Crippen molar-refractivity contribution in [2.45, 2.75) is 50.8 Å². The number of methoxy groups -OCH3 is 1. The number of hydrogen-bond acceptors (Lipinski definition) is 5. The van der Waals surface area contributed by atoms with Gasteiger partial charge in [-0.3, -0.25) is 4.79 Å². The van der Waals surface area contributed by atoms with Gasteiger partial charge in [0.15, 0.2) is 0 Å². The highest BCUT2D eigenvalue weighted by molar-refractivity contribution is 6.42. The van der Waals surface area contributed by atoms with Gasteiger partial charge in [0.25, 0.3) is 0 Å². The standard InChI is InChI=1S/C25H36Cl2N4O4/c1-35-17-19(4-9-29-11-8-25(6-7-25)22(32)16-29)31-13-12-30(10-5-23(31)33)24(34)28-15-18-2-3-20(26)21(27)14-18/h2-3,14,19,22,32H,4-13,15-17H2,1H3,(H,28,34). The molecule has 0 bridgehead atoms. The molecule has 1 spiro atoms. The Kier molecular flexibility index (Phi) is 8.81. The van der Waals surface area contributed by atoms with Crippen molar-refractivity contribution < 1.29 is 19.4 Å². The minimum atomic E-state index is -0.243. The van der Waals surface area contributed by atoms with Crippen LogP contribution in [0.2, 0.25) is 10.0 Å². The van der Waals surface area contributed by atoms with Gasteiger partial charge in [0.05, 0.1) is 28.8 Å². The molecule has 0 radical (unpaired) electrons. The largest absolute Gasteiger partial charge is 0.391 e. The van der Waals surface area contributed by atoms with Crippen LogP contribution in [-0.2, 0) is 16.1 Å². The molecule has 2 saturated heterocycles. The van der Waals surface area contributed by atoms with Crippen molar-refractivity contribution in [2.24, 2.45) is 5.41 Å². The smallest absolute Gasteiger partial charge is 0.317 e. The Morgan fingerprint density at radius 2 is 2.00 bits per heavy atom. The third-order valence-corrected chi connectivity index (χ3v) is 8.52. The minimum Gasteiger partial charge on any atom is -0.391 e. The number of β-amino-alcohol motifs (C(OH)–C–C–N with tert-alkyl or cyclic N) is 1. The van der Waals surface area contributed by atoms with Crippen LogP contribution in [0.5, 0.6) is 0 Å². The zero-order valence-electron chi connectivity index (χ0n) is 20.3. The van der Waals surface area contributed by atoms with Crippen LogP contribution in [0.4, 0.5) is 4.79 Å². The number of aliphatic hydroxyl groups is 1. The maximum atomic E-state index is 13.0. The summed E-state index contributed by atoms with van der Waals surface area (Å²) in [6.07, 6.45) is 4.17. The topological polar surface area (TPSA) is 85.3 Å². The molecular formula is C25H36Cl2N4O4. The highest BCUT2D eigenvalue weighted by atomic mass is 35.5. The highest BCUT2D eigenvalue weighted by Crippen LogP contribution is 2.53. The van der Waals surface area contributed by atoms with E-state index in [1.54, 1.807) is 24.1 Å². The lowest BCUT2D eigenvalue weighted by molar-refractivity contribution is -0.134. The van der Waals surface area contributed by atoms with E-state index in [0.717, 1.165) is 44.3 Å². The second-order valence-corrected chi connectivity index (χ2v) is 10.9. The molecule has 2 aliphatic heterocycles. The summed E-state index contributed by atoms with van der Waals surface area (Å²) < 4.78 is 5.46. The van der Waals surface area contributed by atoms with Crippen LogP contribution in [0.1, 0.15) is 37.7 Å². The summed E-state index contributed by atoms with van der Waals surface area (Å²) >= 11 is 12.0. The average molecular weight is 527 g/mol. The zero-order chi connectivity index (χ0) is 25.0. The van der Waals surface area contributed by atoms with Crippen molar-refractivity contribution in [3.8, 4) is 0 Å². The molecule has 2 unspecified atom stereocenters. The number of carbonyl (C=O) groups is 2. The Morgan fingerprint density at radius 3 is 2.69 bits per heavy atom. The van der Waals surface area contributed by atoms with E-state index in [9.17, 15) is 14.7 Å². The maximum Gasteiger partial charge on any atom is 0.317 e. The fourth-order valence-electron chi connectivity index (χ4n) is 5.24. The normalized spacial score (nSPS) is 23.3. The van der Waals surface area contributed by atoms with Gasteiger partial charge in [-0.25, -0.2) is 4.79 Å². The summed E-state index contributed by atoms with van der Waals surface area (Å²) in [6, 6.07) is 5.01. The fourth-order valence-corrected chi connectivity index (χ4v) is 5.57. The molecule has 4 rings (SSSR count). The second-order valence-electron chi connectivity index (χ2n) is 10.1. The molecule has 1 aliphatic carbocycles. The predicted octanol–water partition coefficient (Wildman–Crippen LogP) is 2.99. The molecule has 194 valence electrons. The molecule has 10 heteroatoms. The highest BCUT2D eigenvalue weighted by Gasteiger charge is 2.51. The monoisotopic (exact) mass is 526 g/mol. The van der Waals surface area contributed by atoms with Crippen LogP contribution in [0.25, 0.3) is 0 Å². The summed E-state index contributed by atoms with van der Waals surface area (Å²) in [5.41, 5.74) is 1.04. The van der Waals surface area contributed by atoms with Gasteiger partial charge >= 0.3 is 6.03 Å². The molecule has 3 fully saturated rings. The van der Waals surface area contributed by atoms with E-state index in [1.165, 1.54) is 0 Å². The minimum absolute atomic E-state index is 0.0439. The Labute approximate surface area is 217 Å². The van der Waals surface area contributed by atoms with Crippen molar-refractivity contribution in [1.82, 2.24) is 20.0 Å². The lowest BCUT2D eigenvalue weighted by atomic mass is 9.90. The first-order chi connectivity index (χ1) is 16.8. The molecule has 3 aliphatic rings. The van der Waals surface area contributed by atoms with Gasteiger partial charge in [-0.15, -0.1) is 0 Å². The van der Waals surface area contributed by atoms with Gasteiger partial charge in [0, 0.05) is 52.8 Å². The third-order valence-electron chi connectivity index (χ3n) is 7.78. The van der Waals surface area contributed by atoms with Gasteiger partial charge in [0.1, 0.15) is 0 Å². The van der Waals surface area contributed by atoms with Crippen LogP contribution in [-0.4, -0.2) is 96.9 Å². The number of halogens is 2. The van der Waals surface area contributed by atoms with Gasteiger partial charge in [-0.1, -0.05) is 29.3 Å². The lowest BCUT2D eigenvalue weighted by Gasteiger charge is -2.38. The number of likely N-dealkylation sites (tertiary alicyclic amines) is 1. The molecule has 1 aromatic rings. The van der Waals surface area contributed by atoms with E-state index >= 15 is 0 Å². The van der Waals surface area contributed by atoms with E-state index < -0.39 is 0 Å². The summed E-state index contributed by atoms with van der Waals surface area (Å²) in [5.74, 6) is 0.0439. The number of nitrogens with zero attached hydrogens (tertiary/aromatic N) is 3. The van der Waals surface area contributed by atoms with E-state index in [1.807, 2.05) is 11.0 Å². The summed E-state index contributed by atoms with van der Waals surface area (Å²) in [7, 11) is 1.65. The van der Waals surface area contributed by atoms with E-state index in [2.05, 4.69) is 10.2 Å². The number of ether oxygens (including phenoxy) is 1. The third kappa shape index (κ3) is 6.60. The Balaban J connectivity index is 1.28. The summed E-state index contributed by atoms with van der Waals surface area (Å²) in [6.45, 7) is 4.62. The number of urea groups is 1. The molecule has 8 nitrogen and oxygen atoms in total. The van der Waals surface area contributed by atoms with Gasteiger partial charge < -0.3 is 29.9 Å². The molecule has 1 saturated carbocycles.